The van der Waals surface area contributed by atoms with Crippen molar-refractivity contribution in [3.05, 3.63) is 12.0 Å². The normalized spacial score (nSPS) is 13.3. The molecule has 0 saturated heterocycles. The highest BCUT2D eigenvalue weighted by molar-refractivity contribution is 7.89. The molecule has 0 aliphatic heterocycles. The molecule has 0 aliphatic carbocycles. The summed E-state index contributed by atoms with van der Waals surface area (Å²) in [6.45, 7) is 6.54. The van der Waals surface area contributed by atoms with E-state index in [0.29, 0.717) is 25.2 Å². The molecule has 0 amide bonds. The first kappa shape index (κ1) is 17.6. The summed E-state index contributed by atoms with van der Waals surface area (Å²) in [5, 5.41) is 8.62. The van der Waals surface area contributed by atoms with Gasteiger partial charge >= 0.3 is 5.97 Å². The van der Waals surface area contributed by atoms with Crippen LogP contribution in [0, 0.1) is 12.8 Å². The SMILES string of the molecule is CCn1cc(S(=O)(=O)NCCC(C)CCC(=O)O)nc1C. The quantitative estimate of drug-likeness (QED) is 0.716. The molecule has 1 atom stereocenters. The molecule has 1 rings (SSSR count). The maximum absolute atomic E-state index is 12.1. The van der Waals surface area contributed by atoms with Crippen LogP contribution in [0.3, 0.4) is 0 Å². The van der Waals surface area contributed by atoms with E-state index in [9.17, 15) is 13.2 Å². The number of carbonyl (C=O) groups is 1. The van der Waals surface area contributed by atoms with Crippen LogP contribution in [-0.4, -0.2) is 35.6 Å². The molecule has 0 aromatic carbocycles. The van der Waals surface area contributed by atoms with Gasteiger partial charge in [0.15, 0.2) is 5.03 Å². The number of aromatic nitrogens is 2. The summed E-state index contributed by atoms with van der Waals surface area (Å²) in [5.41, 5.74) is 0. The van der Waals surface area contributed by atoms with Gasteiger partial charge < -0.3 is 9.67 Å². The first-order chi connectivity index (χ1) is 9.76. The van der Waals surface area contributed by atoms with E-state index in [1.165, 1.54) is 6.20 Å². The Morgan fingerprint density at radius 2 is 2.14 bits per heavy atom. The number of carboxylic acid groups (broad SMARTS) is 1. The highest BCUT2D eigenvalue weighted by Crippen LogP contribution is 2.12. The lowest BCUT2D eigenvalue weighted by molar-refractivity contribution is -0.137. The van der Waals surface area contributed by atoms with Crippen LogP contribution < -0.4 is 4.72 Å². The average Bonchev–Trinajstić information content (AvgIpc) is 2.78. The Morgan fingerprint density at radius 3 is 2.67 bits per heavy atom. The number of imidazole rings is 1. The summed E-state index contributed by atoms with van der Waals surface area (Å²) in [6, 6.07) is 0. The van der Waals surface area contributed by atoms with Crippen molar-refractivity contribution in [3.63, 3.8) is 0 Å². The Labute approximate surface area is 125 Å². The van der Waals surface area contributed by atoms with E-state index in [0.717, 1.165) is 0 Å². The summed E-state index contributed by atoms with van der Waals surface area (Å²) in [7, 11) is -3.60. The molecule has 1 aromatic heterocycles. The molecule has 0 spiro atoms. The Hall–Kier alpha value is -1.41. The van der Waals surface area contributed by atoms with Gasteiger partial charge in [-0.25, -0.2) is 18.1 Å². The summed E-state index contributed by atoms with van der Waals surface area (Å²) in [6.07, 6.45) is 2.76. The molecule has 1 aromatic rings. The molecule has 8 heteroatoms. The minimum Gasteiger partial charge on any atom is -0.481 e. The lowest BCUT2D eigenvalue weighted by Crippen LogP contribution is -2.26. The van der Waals surface area contributed by atoms with E-state index < -0.39 is 16.0 Å². The van der Waals surface area contributed by atoms with Crippen molar-refractivity contribution in [1.29, 1.82) is 0 Å². The maximum atomic E-state index is 12.1. The Balaban J connectivity index is 2.51. The molecule has 0 saturated carbocycles. The third-order valence-corrected chi connectivity index (χ3v) is 4.68. The predicted octanol–water partition coefficient (Wildman–Crippen LogP) is 1.38. The fourth-order valence-corrected chi connectivity index (χ4v) is 3.01. The van der Waals surface area contributed by atoms with Crippen molar-refractivity contribution >= 4 is 16.0 Å². The fraction of sp³-hybridized carbons (Fsp3) is 0.692. The lowest BCUT2D eigenvalue weighted by Gasteiger charge is -2.10. The van der Waals surface area contributed by atoms with E-state index in [1.807, 2.05) is 13.8 Å². The van der Waals surface area contributed by atoms with E-state index in [4.69, 9.17) is 5.11 Å². The number of carboxylic acids is 1. The zero-order valence-electron chi connectivity index (χ0n) is 12.7. The number of rotatable bonds is 9. The number of hydrogen-bond donors (Lipinski definition) is 2. The second kappa shape index (κ2) is 7.56. The predicted molar refractivity (Wildman–Crippen MR) is 78.5 cm³/mol. The lowest BCUT2D eigenvalue weighted by atomic mass is 10.0. The molecular weight excluding hydrogens is 294 g/mol. The van der Waals surface area contributed by atoms with Crippen LogP contribution in [0.15, 0.2) is 11.2 Å². The minimum atomic E-state index is -3.60. The third-order valence-electron chi connectivity index (χ3n) is 3.35. The van der Waals surface area contributed by atoms with E-state index in [-0.39, 0.29) is 23.9 Å². The Morgan fingerprint density at radius 1 is 1.48 bits per heavy atom. The maximum Gasteiger partial charge on any atom is 0.303 e. The van der Waals surface area contributed by atoms with E-state index in [2.05, 4.69) is 9.71 Å². The zero-order chi connectivity index (χ0) is 16.0. The molecule has 0 radical (unpaired) electrons. The van der Waals surface area contributed by atoms with Gasteiger partial charge in [-0.1, -0.05) is 6.92 Å². The number of hydrogen-bond acceptors (Lipinski definition) is 4. The first-order valence-electron chi connectivity index (χ1n) is 7.01. The smallest absolute Gasteiger partial charge is 0.303 e. The summed E-state index contributed by atoms with van der Waals surface area (Å²) in [4.78, 5) is 14.5. The van der Waals surface area contributed by atoms with E-state index >= 15 is 0 Å². The molecule has 0 bridgehead atoms. The van der Waals surface area contributed by atoms with Crippen LogP contribution >= 0.6 is 0 Å². The van der Waals surface area contributed by atoms with Crippen molar-refractivity contribution in [1.82, 2.24) is 14.3 Å². The van der Waals surface area contributed by atoms with Crippen LogP contribution in [0.4, 0.5) is 0 Å². The average molecular weight is 317 g/mol. The van der Waals surface area contributed by atoms with Crippen LogP contribution in [0.25, 0.3) is 0 Å². The van der Waals surface area contributed by atoms with Crippen molar-refractivity contribution in [2.75, 3.05) is 6.54 Å². The molecule has 7 nitrogen and oxygen atoms in total. The summed E-state index contributed by atoms with van der Waals surface area (Å²) >= 11 is 0. The van der Waals surface area contributed by atoms with Gasteiger partial charge in [0.1, 0.15) is 5.82 Å². The zero-order valence-corrected chi connectivity index (χ0v) is 13.5. The van der Waals surface area contributed by atoms with Gasteiger partial charge in [0.25, 0.3) is 10.0 Å². The topological polar surface area (TPSA) is 101 Å². The van der Waals surface area contributed by atoms with Crippen molar-refractivity contribution < 1.29 is 18.3 Å². The van der Waals surface area contributed by atoms with Crippen LogP contribution in [0.2, 0.25) is 0 Å². The van der Waals surface area contributed by atoms with Gasteiger partial charge in [-0.05, 0) is 32.6 Å². The number of aliphatic carboxylic acids is 1. The van der Waals surface area contributed by atoms with Gasteiger partial charge in [0.2, 0.25) is 0 Å². The molecule has 0 aliphatic rings. The van der Waals surface area contributed by atoms with Crippen molar-refractivity contribution in [3.8, 4) is 0 Å². The second-order valence-electron chi connectivity index (χ2n) is 5.14. The number of nitrogens with zero attached hydrogens (tertiary/aromatic N) is 2. The highest BCUT2D eigenvalue weighted by Gasteiger charge is 2.18. The third kappa shape index (κ3) is 5.47. The van der Waals surface area contributed by atoms with Gasteiger partial charge in [0.05, 0.1) is 0 Å². The van der Waals surface area contributed by atoms with Crippen LogP contribution in [0.1, 0.15) is 38.9 Å². The molecule has 0 fully saturated rings. The largest absolute Gasteiger partial charge is 0.481 e. The Bertz CT molecular complexity index is 580. The summed E-state index contributed by atoms with van der Waals surface area (Å²) in [5.74, 6) is -0.0190. The molecule has 120 valence electrons. The van der Waals surface area contributed by atoms with Gasteiger partial charge in [0, 0.05) is 25.7 Å². The monoisotopic (exact) mass is 317 g/mol. The number of aryl methyl sites for hydroxylation is 2. The number of sulfonamides is 1. The highest BCUT2D eigenvalue weighted by atomic mass is 32.2. The second-order valence-corrected chi connectivity index (χ2v) is 6.85. The summed E-state index contributed by atoms with van der Waals surface area (Å²) < 4.78 is 28.4. The first-order valence-corrected chi connectivity index (χ1v) is 8.49. The fourth-order valence-electron chi connectivity index (χ4n) is 1.96. The minimum absolute atomic E-state index is 0.0278. The van der Waals surface area contributed by atoms with Gasteiger partial charge in [-0.3, -0.25) is 4.79 Å². The van der Waals surface area contributed by atoms with Crippen molar-refractivity contribution in [2.24, 2.45) is 5.92 Å². The van der Waals surface area contributed by atoms with Gasteiger partial charge in [-0.2, -0.15) is 0 Å². The molecular formula is C13H23N3O4S. The number of nitrogens with one attached hydrogen (secondary N) is 1. The van der Waals surface area contributed by atoms with Gasteiger partial charge in [-0.15, -0.1) is 0 Å². The molecule has 1 unspecified atom stereocenters. The van der Waals surface area contributed by atoms with Crippen LogP contribution in [0.5, 0.6) is 0 Å². The van der Waals surface area contributed by atoms with Crippen molar-refractivity contribution in [2.45, 2.75) is 51.6 Å². The molecule has 1 heterocycles. The van der Waals surface area contributed by atoms with E-state index in [1.54, 1.807) is 11.5 Å². The molecule has 21 heavy (non-hydrogen) atoms. The standard InChI is InChI=1S/C13H23N3O4S/c1-4-16-9-12(15-11(16)3)21(19,20)14-8-7-10(2)5-6-13(17)18/h9-10,14H,4-8H2,1-3H3,(H,17,18). The molecule has 2 N–H and O–H groups in total. The Kier molecular flexibility index (Phi) is 6.35. The van der Waals surface area contributed by atoms with Crippen LogP contribution in [-0.2, 0) is 21.4 Å².